The van der Waals surface area contributed by atoms with Crippen LogP contribution in [-0.2, 0) is 16.1 Å². The number of carboxylic acid groups (broad SMARTS) is 1. The number of amides is 2. The number of rotatable bonds is 10. The highest BCUT2D eigenvalue weighted by molar-refractivity contribution is 5.97. The zero-order chi connectivity index (χ0) is 24.8. The van der Waals surface area contributed by atoms with Gasteiger partial charge in [0.05, 0.1) is 6.54 Å². The van der Waals surface area contributed by atoms with E-state index in [4.69, 9.17) is 9.26 Å². The summed E-state index contributed by atoms with van der Waals surface area (Å²) < 4.78 is 10.4. The van der Waals surface area contributed by atoms with E-state index in [0.717, 1.165) is 34.9 Å². The first-order valence-electron chi connectivity index (χ1n) is 11.5. The molecule has 0 saturated carbocycles. The third-order valence-electron chi connectivity index (χ3n) is 6.08. The molecule has 0 aliphatic heterocycles. The lowest BCUT2D eigenvalue weighted by Crippen LogP contribution is -2.41. The number of aromatic nitrogens is 1. The maximum Gasteiger partial charge on any atom is 0.407 e. The van der Waals surface area contributed by atoms with Crippen LogP contribution >= 0.6 is 0 Å². The number of ether oxygens (including phenoxy) is 1. The summed E-state index contributed by atoms with van der Waals surface area (Å²) in [6, 6.07) is 15.1. The number of nitrogens with one attached hydrogen (secondary N) is 2. The van der Waals surface area contributed by atoms with Crippen LogP contribution in [0.4, 0.5) is 4.79 Å². The third-order valence-corrected chi connectivity index (χ3v) is 6.08. The number of carbonyl (C=O) groups excluding carboxylic acids is 2. The maximum absolute atomic E-state index is 12.6. The molecule has 1 unspecified atom stereocenters. The molecule has 1 aliphatic carbocycles. The fraction of sp³-hybridized carbons (Fsp3) is 0.308. The lowest BCUT2D eigenvalue weighted by Gasteiger charge is -2.15. The summed E-state index contributed by atoms with van der Waals surface area (Å²) in [5.74, 6) is -1.81. The average Bonchev–Trinajstić information content (AvgIpc) is 3.46. The van der Waals surface area contributed by atoms with Gasteiger partial charge in [0.25, 0.3) is 5.91 Å². The predicted octanol–water partition coefficient (Wildman–Crippen LogP) is 4.09. The molecular formula is C26H27N3O6. The zero-order valence-corrected chi connectivity index (χ0v) is 19.3. The third kappa shape index (κ3) is 5.34. The Bertz CT molecular complexity index is 1180. The van der Waals surface area contributed by atoms with Crippen LogP contribution in [0.2, 0.25) is 0 Å². The van der Waals surface area contributed by atoms with Gasteiger partial charge in [-0.05, 0) is 28.7 Å². The molecule has 0 spiro atoms. The van der Waals surface area contributed by atoms with Gasteiger partial charge in [0, 0.05) is 5.92 Å². The SMILES string of the molecule is CCCCC(NC(=O)c1conc1CNC(=O)OCC1c2ccccc2-c2ccccc21)C(=O)O. The van der Waals surface area contributed by atoms with Crippen LogP contribution in [0.5, 0.6) is 0 Å². The van der Waals surface area contributed by atoms with Crippen molar-refractivity contribution in [2.45, 2.75) is 44.7 Å². The standard InChI is InChI=1S/C26H27N3O6/c1-2-3-12-22(25(31)32)28-24(30)21-15-35-29-23(21)13-27-26(33)34-14-20-18-10-6-4-8-16(18)17-9-5-7-11-19(17)20/h4-11,15,20,22H,2-3,12-14H2,1H3,(H,27,33)(H,28,30)(H,31,32). The van der Waals surface area contributed by atoms with Gasteiger partial charge in [0.2, 0.25) is 0 Å². The minimum absolute atomic E-state index is 0.0618. The molecule has 9 heteroatoms. The molecule has 0 bridgehead atoms. The first kappa shape index (κ1) is 24.0. The highest BCUT2D eigenvalue weighted by atomic mass is 16.5. The van der Waals surface area contributed by atoms with Gasteiger partial charge < -0.3 is 25.0 Å². The Morgan fingerprint density at radius 1 is 1.09 bits per heavy atom. The number of aliphatic carboxylic acids is 1. The Labute approximate surface area is 202 Å². The molecule has 0 fully saturated rings. The van der Waals surface area contributed by atoms with Crippen molar-refractivity contribution in [3.8, 4) is 11.1 Å². The van der Waals surface area contributed by atoms with Gasteiger partial charge in [-0.1, -0.05) is 73.5 Å². The topological polar surface area (TPSA) is 131 Å². The van der Waals surface area contributed by atoms with E-state index in [-0.39, 0.29) is 30.3 Å². The molecule has 35 heavy (non-hydrogen) atoms. The molecule has 2 amide bonds. The molecule has 3 aromatic rings. The van der Waals surface area contributed by atoms with Crippen LogP contribution in [-0.4, -0.2) is 40.9 Å². The maximum atomic E-state index is 12.6. The van der Waals surface area contributed by atoms with Crippen molar-refractivity contribution >= 4 is 18.0 Å². The molecule has 0 saturated heterocycles. The van der Waals surface area contributed by atoms with Crippen LogP contribution in [0.15, 0.2) is 59.3 Å². The van der Waals surface area contributed by atoms with Crippen LogP contribution in [0.25, 0.3) is 11.1 Å². The Kier molecular flexibility index (Phi) is 7.45. The van der Waals surface area contributed by atoms with E-state index < -0.39 is 24.0 Å². The summed E-state index contributed by atoms with van der Waals surface area (Å²) in [5, 5.41) is 18.2. The van der Waals surface area contributed by atoms with E-state index in [1.54, 1.807) is 0 Å². The van der Waals surface area contributed by atoms with Crippen molar-refractivity contribution in [1.82, 2.24) is 15.8 Å². The number of hydrogen-bond acceptors (Lipinski definition) is 6. The van der Waals surface area contributed by atoms with Crippen LogP contribution in [0, 0.1) is 0 Å². The normalized spacial score (nSPS) is 12.9. The number of alkyl carbamates (subject to hydrolysis) is 1. The molecule has 0 radical (unpaired) electrons. The Morgan fingerprint density at radius 2 is 1.74 bits per heavy atom. The summed E-state index contributed by atoms with van der Waals surface area (Å²) in [5.41, 5.74) is 4.71. The van der Waals surface area contributed by atoms with E-state index in [9.17, 15) is 19.5 Å². The molecule has 3 N–H and O–H groups in total. The summed E-state index contributed by atoms with van der Waals surface area (Å²) in [6.45, 7) is 1.99. The van der Waals surface area contributed by atoms with Crippen molar-refractivity contribution < 1.29 is 28.8 Å². The first-order valence-corrected chi connectivity index (χ1v) is 11.5. The van der Waals surface area contributed by atoms with Crippen molar-refractivity contribution in [3.05, 3.63) is 77.2 Å². The smallest absolute Gasteiger partial charge is 0.407 e. The number of benzene rings is 2. The van der Waals surface area contributed by atoms with Gasteiger partial charge in [0.1, 0.15) is 30.2 Å². The van der Waals surface area contributed by atoms with Crippen LogP contribution in [0.1, 0.15) is 59.3 Å². The van der Waals surface area contributed by atoms with Gasteiger partial charge in [0.15, 0.2) is 0 Å². The van der Waals surface area contributed by atoms with Gasteiger partial charge in [-0.25, -0.2) is 9.59 Å². The van der Waals surface area contributed by atoms with E-state index in [1.165, 1.54) is 0 Å². The number of carboxylic acids is 1. The van der Waals surface area contributed by atoms with Gasteiger partial charge in [-0.15, -0.1) is 0 Å². The number of fused-ring (bicyclic) bond motifs is 3. The molecule has 1 atom stereocenters. The molecule has 1 heterocycles. The summed E-state index contributed by atoms with van der Waals surface area (Å²) in [4.78, 5) is 36.4. The van der Waals surface area contributed by atoms with E-state index in [0.29, 0.717) is 12.8 Å². The quantitative estimate of drug-likeness (QED) is 0.401. The highest BCUT2D eigenvalue weighted by Gasteiger charge is 2.29. The lowest BCUT2D eigenvalue weighted by molar-refractivity contribution is -0.139. The average molecular weight is 478 g/mol. The highest BCUT2D eigenvalue weighted by Crippen LogP contribution is 2.44. The Hall–Kier alpha value is -4.14. The molecule has 4 rings (SSSR count). The molecule has 1 aromatic heterocycles. The fourth-order valence-electron chi connectivity index (χ4n) is 4.28. The lowest BCUT2D eigenvalue weighted by atomic mass is 9.98. The van der Waals surface area contributed by atoms with Crippen molar-refractivity contribution in [3.63, 3.8) is 0 Å². The Balaban J connectivity index is 1.34. The van der Waals surface area contributed by atoms with Gasteiger partial charge in [-0.2, -0.15) is 0 Å². The predicted molar refractivity (Wildman–Crippen MR) is 127 cm³/mol. The minimum atomic E-state index is -1.11. The van der Waals surface area contributed by atoms with Crippen molar-refractivity contribution in [2.24, 2.45) is 0 Å². The van der Waals surface area contributed by atoms with E-state index >= 15 is 0 Å². The summed E-state index contributed by atoms with van der Waals surface area (Å²) in [6.07, 6.45) is 2.26. The number of hydrogen-bond donors (Lipinski definition) is 3. The molecule has 9 nitrogen and oxygen atoms in total. The molecule has 2 aromatic carbocycles. The number of carbonyl (C=O) groups is 3. The number of nitrogens with zero attached hydrogens (tertiary/aromatic N) is 1. The largest absolute Gasteiger partial charge is 0.480 e. The molecule has 182 valence electrons. The van der Waals surface area contributed by atoms with Crippen molar-refractivity contribution in [1.29, 1.82) is 0 Å². The van der Waals surface area contributed by atoms with Crippen molar-refractivity contribution in [2.75, 3.05) is 6.61 Å². The number of unbranched alkanes of at least 4 members (excludes halogenated alkanes) is 1. The molecular weight excluding hydrogens is 450 g/mol. The second-order valence-electron chi connectivity index (χ2n) is 8.36. The van der Waals surface area contributed by atoms with Gasteiger partial charge >= 0.3 is 12.1 Å². The first-order chi connectivity index (χ1) is 17.0. The van der Waals surface area contributed by atoms with E-state index in [1.807, 2.05) is 43.3 Å². The monoisotopic (exact) mass is 477 g/mol. The fourth-order valence-corrected chi connectivity index (χ4v) is 4.28. The summed E-state index contributed by atoms with van der Waals surface area (Å²) >= 11 is 0. The minimum Gasteiger partial charge on any atom is -0.480 e. The van der Waals surface area contributed by atoms with Gasteiger partial charge in [-0.3, -0.25) is 4.79 Å². The van der Waals surface area contributed by atoms with Crippen LogP contribution in [0.3, 0.4) is 0 Å². The second kappa shape index (κ2) is 10.9. The second-order valence-corrected chi connectivity index (χ2v) is 8.36. The molecule has 1 aliphatic rings. The summed E-state index contributed by atoms with van der Waals surface area (Å²) in [7, 11) is 0. The van der Waals surface area contributed by atoms with E-state index in [2.05, 4.69) is 27.9 Å². The zero-order valence-electron chi connectivity index (χ0n) is 19.3. The Morgan fingerprint density at radius 3 is 2.37 bits per heavy atom. The van der Waals surface area contributed by atoms with Crippen LogP contribution < -0.4 is 10.6 Å².